The fraction of sp³-hybridized carbons (Fsp3) is 0.435. The van der Waals surface area contributed by atoms with Crippen LogP contribution in [0.25, 0.3) is 0 Å². The molecular weight excluding hydrogens is 320 g/mol. The Morgan fingerprint density at radius 1 is 0.846 bits per heavy atom. The molecule has 0 bridgehead atoms. The topological polar surface area (TPSA) is 23.6 Å². The highest BCUT2D eigenvalue weighted by molar-refractivity contribution is 5.87. The highest BCUT2D eigenvalue weighted by atomic mass is 16.2. The van der Waals surface area contributed by atoms with Crippen molar-refractivity contribution < 1.29 is 4.79 Å². The highest BCUT2D eigenvalue weighted by Gasteiger charge is 2.50. The highest BCUT2D eigenvalue weighted by Crippen LogP contribution is 2.39. The molecule has 1 spiro atoms. The van der Waals surface area contributed by atoms with Crippen molar-refractivity contribution in [3.63, 3.8) is 0 Å². The van der Waals surface area contributed by atoms with Crippen LogP contribution in [0.2, 0.25) is 0 Å². The summed E-state index contributed by atoms with van der Waals surface area (Å²) in [6, 6.07) is 19.1. The van der Waals surface area contributed by atoms with E-state index in [4.69, 9.17) is 0 Å². The Morgan fingerprint density at radius 3 is 2.23 bits per heavy atom. The number of carbonyl (C=O) groups excluding carboxylic acids is 1. The third-order valence-electron chi connectivity index (χ3n) is 6.04. The van der Waals surface area contributed by atoms with Gasteiger partial charge in [-0.05, 0) is 50.3 Å². The summed E-state index contributed by atoms with van der Waals surface area (Å²) < 4.78 is 0. The van der Waals surface area contributed by atoms with Crippen LogP contribution in [0.15, 0.2) is 54.6 Å². The second kappa shape index (κ2) is 7.24. The molecule has 0 N–H and O–H groups in total. The first-order valence-electron chi connectivity index (χ1n) is 9.81. The Bertz CT molecular complexity index is 756. The molecule has 2 aromatic rings. The molecule has 2 saturated heterocycles. The molecule has 0 aliphatic carbocycles. The standard InChI is InChI=1S/C23H28N2O/c1-19-9-11-21(12-10-19)18-25-16-6-14-23(25)13-5-15-24(22(23)26)17-20-7-3-2-4-8-20/h2-4,7-12H,5-6,13-18H2,1H3. The Kier molecular flexibility index (Phi) is 4.82. The molecule has 2 fully saturated rings. The van der Waals surface area contributed by atoms with Crippen molar-refractivity contribution in [3.8, 4) is 0 Å². The number of carbonyl (C=O) groups is 1. The van der Waals surface area contributed by atoms with Gasteiger partial charge in [-0.2, -0.15) is 0 Å². The van der Waals surface area contributed by atoms with Gasteiger partial charge in [-0.15, -0.1) is 0 Å². The van der Waals surface area contributed by atoms with Crippen molar-refractivity contribution in [1.82, 2.24) is 9.80 Å². The van der Waals surface area contributed by atoms with Crippen LogP contribution < -0.4 is 0 Å². The maximum absolute atomic E-state index is 13.5. The monoisotopic (exact) mass is 348 g/mol. The van der Waals surface area contributed by atoms with Crippen LogP contribution >= 0.6 is 0 Å². The summed E-state index contributed by atoms with van der Waals surface area (Å²) in [6.45, 7) is 5.64. The SMILES string of the molecule is Cc1ccc(CN2CCCC23CCCN(Cc2ccccc2)C3=O)cc1. The zero-order chi connectivity index (χ0) is 18.0. The Hall–Kier alpha value is -2.13. The molecule has 2 aliphatic rings. The molecule has 1 amide bonds. The number of piperidine rings is 1. The summed E-state index contributed by atoms with van der Waals surface area (Å²) in [5.41, 5.74) is 3.54. The normalized spacial score (nSPS) is 23.7. The lowest BCUT2D eigenvalue weighted by molar-refractivity contribution is -0.148. The van der Waals surface area contributed by atoms with Crippen LogP contribution in [0.3, 0.4) is 0 Å². The summed E-state index contributed by atoms with van der Waals surface area (Å²) in [4.78, 5) is 18.0. The van der Waals surface area contributed by atoms with E-state index in [0.717, 1.165) is 51.9 Å². The predicted octanol–water partition coefficient (Wildman–Crippen LogP) is 4.15. The number of benzene rings is 2. The van der Waals surface area contributed by atoms with Gasteiger partial charge in [-0.25, -0.2) is 0 Å². The minimum atomic E-state index is -0.280. The molecule has 0 saturated carbocycles. The minimum absolute atomic E-state index is 0.280. The van der Waals surface area contributed by atoms with E-state index >= 15 is 0 Å². The first-order chi connectivity index (χ1) is 12.7. The van der Waals surface area contributed by atoms with Gasteiger partial charge in [0, 0.05) is 19.6 Å². The van der Waals surface area contributed by atoms with E-state index in [1.54, 1.807) is 0 Å². The molecule has 0 aromatic heterocycles. The van der Waals surface area contributed by atoms with Crippen LogP contribution in [-0.4, -0.2) is 34.3 Å². The molecule has 2 aliphatic heterocycles. The zero-order valence-electron chi connectivity index (χ0n) is 15.7. The number of hydrogen-bond acceptors (Lipinski definition) is 2. The average Bonchev–Trinajstić information content (AvgIpc) is 3.05. The van der Waals surface area contributed by atoms with Crippen LogP contribution in [0.4, 0.5) is 0 Å². The van der Waals surface area contributed by atoms with Crippen LogP contribution in [0, 0.1) is 6.92 Å². The van der Waals surface area contributed by atoms with E-state index in [-0.39, 0.29) is 5.54 Å². The van der Waals surface area contributed by atoms with Crippen molar-refractivity contribution in [2.75, 3.05) is 13.1 Å². The Balaban J connectivity index is 1.53. The lowest BCUT2D eigenvalue weighted by Crippen LogP contribution is -2.59. The molecular formula is C23H28N2O. The van der Waals surface area contributed by atoms with Gasteiger partial charge in [0.05, 0.1) is 0 Å². The van der Waals surface area contributed by atoms with Gasteiger partial charge in [-0.3, -0.25) is 9.69 Å². The van der Waals surface area contributed by atoms with Crippen molar-refractivity contribution in [1.29, 1.82) is 0 Å². The van der Waals surface area contributed by atoms with Gasteiger partial charge in [0.15, 0.2) is 0 Å². The summed E-state index contributed by atoms with van der Waals surface area (Å²) in [7, 11) is 0. The molecule has 3 heteroatoms. The molecule has 4 rings (SSSR count). The maximum atomic E-state index is 13.5. The number of nitrogens with zero attached hydrogens (tertiary/aromatic N) is 2. The maximum Gasteiger partial charge on any atom is 0.243 e. The van der Waals surface area contributed by atoms with Gasteiger partial charge in [0.2, 0.25) is 5.91 Å². The van der Waals surface area contributed by atoms with Crippen LogP contribution in [0.1, 0.15) is 42.4 Å². The first-order valence-corrected chi connectivity index (χ1v) is 9.81. The van der Waals surface area contributed by atoms with Crippen molar-refractivity contribution in [2.45, 2.75) is 51.2 Å². The van der Waals surface area contributed by atoms with E-state index in [2.05, 4.69) is 65.3 Å². The van der Waals surface area contributed by atoms with Crippen LogP contribution in [-0.2, 0) is 17.9 Å². The first kappa shape index (κ1) is 17.3. The van der Waals surface area contributed by atoms with Gasteiger partial charge < -0.3 is 4.90 Å². The van der Waals surface area contributed by atoms with Crippen molar-refractivity contribution in [2.24, 2.45) is 0 Å². The number of hydrogen-bond donors (Lipinski definition) is 0. The predicted molar refractivity (Wildman–Crippen MR) is 105 cm³/mol. The summed E-state index contributed by atoms with van der Waals surface area (Å²) in [5, 5.41) is 0. The van der Waals surface area contributed by atoms with Crippen molar-refractivity contribution >= 4 is 5.91 Å². The van der Waals surface area contributed by atoms with Gasteiger partial charge >= 0.3 is 0 Å². The average molecular weight is 348 g/mol. The summed E-state index contributed by atoms with van der Waals surface area (Å²) >= 11 is 0. The molecule has 26 heavy (non-hydrogen) atoms. The molecule has 0 radical (unpaired) electrons. The van der Waals surface area contributed by atoms with Crippen molar-refractivity contribution in [3.05, 3.63) is 71.3 Å². The number of amides is 1. The fourth-order valence-electron chi connectivity index (χ4n) is 4.62. The van der Waals surface area contributed by atoms with Crippen LogP contribution in [0.5, 0.6) is 0 Å². The fourth-order valence-corrected chi connectivity index (χ4v) is 4.62. The lowest BCUT2D eigenvalue weighted by atomic mass is 9.85. The summed E-state index contributed by atoms with van der Waals surface area (Å²) in [6.07, 6.45) is 4.23. The third kappa shape index (κ3) is 3.28. The Morgan fingerprint density at radius 2 is 1.50 bits per heavy atom. The number of likely N-dealkylation sites (tertiary alicyclic amines) is 2. The third-order valence-corrected chi connectivity index (χ3v) is 6.04. The molecule has 2 aromatic carbocycles. The second-order valence-electron chi connectivity index (χ2n) is 7.86. The molecule has 1 unspecified atom stereocenters. The van der Waals surface area contributed by atoms with Gasteiger partial charge in [0.1, 0.15) is 5.54 Å². The van der Waals surface area contributed by atoms with E-state index in [0.29, 0.717) is 5.91 Å². The molecule has 136 valence electrons. The quantitative estimate of drug-likeness (QED) is 0.828. The second-order valence-corrected chi connectivity index (χ2v) is 7.86. The largest absolute Gasteiger partial charge is 0.337 e. The lowest BCUT2D eigenvalue weighted by Gasteiger charge is -2.44. The smallest absolute Gasteiger partial charge is 0.243 e. The van der Waals surface area contributed by atoms with E-state index in [1.165, 1.54) is 16.7 Å². The van der Waals surface area contributed by atoms with E-state index < -0.39 is 0 Å². The van der Waals surface area contributed by atoms with Gasteiger partial charge in [0.25, 0.3) is 0 Å². The minimum Gasteiger partial charge on any atom is -0.337 e. The molecule has 1 atom stereocenters. The van der Waals surface area contributed by atoms with E-state index in [1.807, 2.05) is 6.07 Å². The number of rotatable bonds is 4. The van der Waals surface area contributed by atoms with Gasteiger partial charge in [-0.1, -0.05) is 60.2 Å². The van der Waals surface area contributed by atoms with E-state index in [9.17, 15) is 4.79 Å². The molecule has 3 nitrogen and oxygen atoms in total. The summed E-state index contributed by atoms with van der Waals surface area (Å²) in [5.74, 6) is 0.345. The zero-order valence-corrected chi connectivity index (χ0v) is 15.7. The number of aryl methyl sites for hydroxylation is 1. The Labute approximate surface area is 156 Å². The molecule has 2 heterocycles.